The summed E-state index contributed by atoms with van der Waals surface area (Å²) < 4.78 is 0. The van der Waals surface area contributed by atoms with Gasteiger partial charge in [0.25, 0.3) is 0 Å². The highest BCUT2D eigenvalue weighted by Gasteiger charge is 2.56. The first-order valence-corrected chi connectivity index (χ1v) is 8.99. The highest BCUT2D eigenvalue weighted by molar-refractivity contribution is 9.09. The lowest BCUT2D eigenvalue weighted by Gasteiger charge is -2.58. The van der Waals surface area contributed by atoms with Gasteiger partial charge in [0, 0.05) is 9.65 Å². The van der Waals surface area contributed by atoms with E-state index in [-0.39, 0.29) is 10.3 Å². The zero-order valence-electron chi connectivity index (χ0n) is 11.7. The molecule has 4 atom stereocenters. The van der Waals surface area contributed by atoms with Crippen LogP contribution in [0.25, 0.3) is 0 Å². The molecule has 3 heteroatoms. The zero-order valence-corrected chi connectivity index (χ0v) is 15.6. The molecule has 1 saturated carbocycles. The quantitative estimate of drug-likeness (QED) is 0.344. The van der Waals surface area contributed by atoms with Gasteiger partial charge in [0.05, 0.1) is 4.87 Å². The van der Waals surface area contributed by atoms with Crippen LogP contribution in [0, 0.1) is 10.8 Å². The van der Waals surface area contributed by atoms with E-state index in [9.17, 15) is 0 Å². The van der Waals surface area contributed by atoms with Crippen molar-refractivity contribution in [2.75, 3.05) is 0 Å². The monoisotopic (exact) mass is 396 g/mol. The molecule has 0 amide bonds. The first kappa shape index (κ1) is 15.4. The molecular formula is C15H23Br2Cl. The topological polar surface area (TPSA) is 0 Å². The Kier molecular flexibility index (Phi) is 4.08. The van der Waals surface area contributed by atoms with E-state index < -0.39 is 0 Å². The van der Waals surface area contributed by atoms with Crippen LogP contribution in [-0.2, 0) is 0 Å². The normalized spacial score (nSPS) is 48.1. The maximum atomic E-state index is 6.62. The summed E-state index contributed by atoms with van der Waals surface area (Å²) >= 11 is 14.4. The van der Waals surface area contributed by atoms with E-state index in [4.69, 9.17) is 11.6 Å². The largest absolute Gasteiger partial charge is 0.118 e. The van der Waals surface area contributed by atoms with Gasteiger partial charge >= 0.3 is 0 Å². The Balaban J connectivity index is 2.41. The second-order valence-electron chi connectivity index (χ2n) is 6.84. The number of rotatable bonds is 0. The summed E-state index contributed by atoms with van der Waals surface area (Å²) in [5.74, 6) is 0. The minimum Gasteiger partial charge on any atom is -0.118 e. The van der Waals surface area contributed by atoms with Gasteiger partial charge in [-0.05, 0) is 50.4 Å². The predicted molar refractivity (Wildman–Crippen MR) is 88.1 cm³/mol. The predicted octanol–water partition coefficient (Wildman–Crippen LogP) is 6.06. The number of hydrogen-bond acceptors (Lipinski definition) is 0. The standard InChI is InChI=1S/C15H23Br2Cl/c1-10-5-6-11(16)13(2,3)15(10)8-7-14(4,18)12(17)9-15/h5,11-12H,6-9H2,1-4H3. The summed E-state index contributed by atoms with van der Waals surface area (Å²) in [6, 6.07) is 0. The third-order valence-corrected chi connectivity index (χ3v) is 9.19. The fourth-order valence-corrected chi connectivity index (χ4v) is 5.34. The molecule has 0 aromatic heterocycles. The molecule has 2 aliphatic rings. The number of alkyl halides is 3. The van der Waals surface area contributed by atoms with Crippen LogP contribution >= 0.6 is 43.5 Å². The van der Waals surface area contributed by atoms with E-state index in [2.05, 4.69) is 65.6 Å². The Labute approximate surface area is 133 Å². The Morgan fingerprint density at radius 1 is 1.17 bits per heavy atom. The first-order chi connectivity index (χ1) is 8.13. The average molecular weight is 399 g/mol. The minimum atomic E-state index is -0.0964. The van der Waals surface area contributed by atoms with Gasteiger partial charge in [-0.15, -0.1) is 11.6 Å². The Hall–Kier alpha value is 0.990. The lowest BCUT2D eigenvalue weighted by molar-refractivity contribution is 0.0482. The van der Waals surface area contributed by atoms with E-state index >= 15 is 0 Å². The molecular weight excluding hydrogens is 375 g/mol. The van der Waals surface area contributed by atoms with Gasteiger partial charge in [-0.25, -0.2) is 0 Å². The van der Waals surface area contributed by atoms with Crippen molar-refractivity contribution in [3.63, 3.8) is 0 Å². The third kappa shape index (κ3) is 2.15. The summed E-state index contributed by atoms with van der Waals surface area (Å²) in [6.07, 6.45) is 7.00. The molecule has 0 radical (unpaired) electrons. The Bertz CT molecular complexity index is 373. The maximum absolute atomic E-state index is 6.62. The van der Waals surface area contributed by atoms with Crippen LogP contribution in [-0.4, -0.2) is 14.5 Å². The van der Waals surface area contributed by atoms with Crippen molar-refractivity contribution in [2.24, 2.45) is 10.8 Å². The van der Waals surface area contributed by atoms with Gasteiger partial charge in [-0.1, -0.05) is 57.4 Å². The van der Waals surface area contributed by atoms with Crippen LogP contribution in [0.3, 0.4) is 0 Å². The van der Waals surface area contributed by atoms with Crippen LogP contribution in [0.5, 0.6) is 0 Å². The molecule has 0 N–H and O–H groups in total. The molecule has 0 aromatic carbocycles. The number of allylic oxidation sites excluding steroid dienone is 2. The van der Waals surface area contributed by atoms with Gasteiger partial charge in [0.2, 0.25) is 0 Å². The van der Waals surface area contributed by atoms with E-state index in [1.165, 1.54) is 6.42 Å². The second-order valence-corrected chi connectivity index (χ2v) is 9.92. The molecule has 0 aromatic rings. The minimum absolute atomic E-state index is 0.0964. The molecule has 0 saturated heterocycles. The SMILES string of the molecule is CC1=CCC(Br)C(C)(C)C12CCC(C)(Cl)C(Br)C2. The van der Waals surface area contributed by atoms with E-state index in [0.29, 0.717) is 15.1 Å². The fourth-order valence-electron chi connectivity index (χ4n) is 3.76. The third-order valence-electron chi connectivity index (χ3n) is 5.62. The van der Waals surface area contributed by atoms with Crippen molar-refractivity contribution in [3.05, 3.63) is 11.6 Å². The molecule has 1 spiro atoms. The van der Waals surface area contributed by atoms with E-state index in [0.717, 1.165) is 19.3 Å². The fraction of sp³-hybridized carbons (Fsp3) is 0.867. The molecule has 0 heterocycles. The molecule has 104 valence electrons. The van der Waals surface area contributed by atoms with Gasteiger partial charge in [0.15, 0.2) is 0 Å². The summed E-state index contributed by atoms with van der Waals surface area (Å²) in [5.41, 5.74) is 2.15. The van der Waals surface area contributed by atoms with Crippen LogP contribution in [0.1, 0.15) is 53.4 Å². The molecule has 0 bridgehead atoms. The van der Waals surface area contributed by atoms with Gasteiger partial charge < -0.3 is 0 Å². The number of halogens is 3. The Morgan fingerprint density at radius 2 is 1.78 bits per heavy atom. The van der Waals surface area contributed by atoms with Crippen molar-refractivity contribution in [1.82, 2.24) is 0 Å². The van der Waals surface area contributed by atoms with Crippen LogP contribution in [0.15, 0.2) is 11.6 Å². The summed E-state index contributed by atoms with van der Waals surface area (Å²) in [6.45, 7) is 9.32. The molecule has 4 unspecified atom stereocenters. The molecule has 2 aliphatic carbocycles. The van der Waals surface area contributed by atoms with Crippen LogP contribution < -0.4 is 0 Å². The maximum Gasteiger partial charge on any atom is 0.0544 e. The molecule has 2 rings (SSSR count). The van der Waals surface area contributed by atoms with Crippen LogP contribution in [0.4, 0.5) is 0 Å². The van der Waals surface area contributed by atoms with Gasteiger partial charge in [-0.3, -0.25) is 0 Å². The lowest BCUT2D eigenvalue weighted by atomic mass is 9.51. The average Bonchev–Trinajstić information content (AvgIpc) is 2.27. The molecule has 0 aliphatic heterocycles. The highest BCUT2D eigenvalue weighted by Crippen LogP contribution is 2.63. The van der Waals surface area contributed by atoms with Crippen molar-refractivity contribution < 1.29 is 0 Å². The lowest BCUT2D eigenvalue weighted by Crippen LogP contribution is -2.53. The van der Waals surface area contributed by atoms with E-state index in [1.807, 2.05) is 0 Å². The first-order valence-electron chi connectivity index (χ1n) is 6.78. The highest BCUT2D eigenvalue weighted by atomic mass is 79.9. The Morgan fingerprint density at radius 3 is 2.33 bits per heavy atom. The molecule has 0 nitrogen and oxygen atoms in total. The number of hydrogen-bond donors (Lipinski definition) is 0. The second kappa shape index (κ2) is 4.77. The van der Waals surface area contributed by atoms with Crippen molar-refractivity contribution in [3.8, 4) is 0 Å². The van der Waals surface area contributed by atoms with Crippen molar-refractivity contribution in [1.29, 1.82) is 0 Å². The molecule has 18 heavy (non-hydrogen) atoms. The smallest absolute Gasteiger partial charge is 0.0544 e. The van der Waals surface area contributed by atoms with Crippen LogP contribution in [0.2, 0.25) is 0 Å². The van der Waals surface area contributed by atoms with E-state index in [1.54, 1.807) is 5.57 Å². The van der Waals surface area contributed by atoms with Crippen molar-refractivity contribution >= 4 is 43.5 Å². The molecule has 1 fully saturated rings. The summed E-state index contributed by atoms with van der Waals surface area (Å²) in [5, 5.41) is 0. The summed E-state index contributed by atoms with van der Waals surface area (Å²) in [4.78, 5) is 0.856. The summed E-state index contributed by atoms with van der Waals surface area (Å²) in [7, 11) is 0. The van der Waals surface area contributed by atoms with Crippen molar-refractivity contribution in [2.45, 2.75) is 67.9 Å². The zero-order chi connectivity index (χ0) is 13.8. The van der Waals surface area contributed by atoms with Gasteiger partial charge in [-0.2, -0.15) is 0 Å². The van der Waals surface area contributed by atoms with Gasteiger partial charge in [0.1, 0.15) is 0 Å².